The number of aliphatic hydroxyl groups excluding tert-OH is 1. The summed E-state index contributed by atoms with van der Waals surface area (Å²) in [6, 6.07) is 19.1. The molecule has 20 heavy (non-hydrogen) atoms. The van der Waals surface area contributed by atoms with Crippen LogP contribution in [-0.4, -0.2) is 30.1 Å². The van der Waals surface area contributed by atoms with Crippen molar-refractivity contribution >= 4 is 17.8 Å². The topological polar surface area (TPSA) is 49.8 Å². The number of rotatable bonds is 5. The third-order valence-corrected chi connectivity index (χ3v) is 6.79. The molecule has 0 radical (unpaired) electrons. The standard InChI is InChI=1S/C16H17O3P/c17-11-15-16(19-15)12-20(18,13-7-3-1-4-8-13)14-9-5-2-6-10-14/h1-10,15-17H,11-12H2/t15-,16-/m1/s1. The maximum Gasteiger partial charge on any atom is 0.145 e. The van der Waals surface area contributed by atoms with Crippen LogP contribution in [0.5, 0.6) is 0 Å². The second-order valence-electron chi connectivity index (χ2n) is 4.99. The Kier molecular flexibility index (Phi) is 3.75. The van der Waals surface area contributed by atoms with E-state index in [9.17, 15) is 4.57 Å². The lowest BCUT2D eigenvalue weighted by Gasteiger charge is -2.18. The van der Waals surface area contributed by atoms with Crippen LogP contribution in [0.25, 0.3) is 0 Å². The minimum Gasteiger partial charge on any atom is -0.394 e. The molecule has 0 aromatic heterocycles. The fraction of sp³-hybridized carbons (Fsp3) is 0.250. The zero-order chi connectivity index (χ0) is 14.0. The minimum atomic E-state index is -2.70. The largest absolute Gasteiger partial charge is 0.394 e. The second-order valence-corrected chi connectivity index (χ2v) is 7.87. The van der Waals surface area contributed by atoms with Gasteiger partial charge in [-0.2, -0.15) is 0 Å². The molecule has 1 saturated heterocycles. The van der Waals surface area contributed by atoms with Crippen molar-refractivity contribution in [3.8, 4) is 0 Å². The molecule has 0 spiro atoms. The molecule has 104 valence electrons. The van der Waals surface area contributed by atoms with Gasteiger partial charge in [0.05, 0.1) is 12.7 Å². The van der Waals surface area contributed by atoms with Crippen molar-refractivity contribution in [3.05, 3.63) is 60.7 Å². The van der Waals surface area contributed by atoms with Crippen LogP contribution in [0.1, 0.15) is 0 Å². The van der Waals surface area contributed by atoms with Crippen molar-refractivity contribution < 1.29 is 14.4 Å². The van der Waals surface area contributed by atoms with E-state index in [1.54, 1.807) is 0 Å². The van der Waals surface area contributed by atoms with Gasteiger partial charge in [0.1, 0.15) is 13.2 Å². The molecular weight excluding hydrogens is 271 g/mol. The van der Waals surface area contributed by atoms with E-state index in [-0.39, 0.29) is 18.8 Å². The van der Waals surface area contributed by atoms with Gasteiger partial charge in [0.15, 0.2) is 0 Å². The van der Waals surface area contributed by atoms with Crippen LogP contribution in [0.2, 0.25) is 0 Å². The van der Waals surface area contributed by atoms with Crippen molar-refractivity contribution in [1.29, 1.82) is 0 Å². The average molecular weight is 288 g/mol. The van der Waals surface area contributed by atoms with Gasteiger partial charge in [0.2, 0.25) is 0 Å². The fourth-order valence-corrected chi connectivity index (χ4v) is 5.31. The molecule has 3 nitrogen and oxygen atoms in total. The Labute approximate surface area is 118 Å². The molecule has 1 heterocycles. The van der Waals surface area contributed by atoms with E-state index in [2.05, 4.69) is 0 Å². The first-order valence-corrected chi connectivity index (χ1v) is 8.60. The first-order chi connectivity index (χ1) is 9.74. The number of hydrogen-bond donors (Lipinski definition) is 1. The van der Waals surface area contributed by atoms with Crippen LogP contribution in [-0.2, 0) is 9.30 Å². The molecule has 1 N–H and O–H groups in total. The van der Waals surface area contributed by atoms with Gasteiger partial charge in [-0.3, -0.25) is 0 Å². The quantitative estimate of drug-likeness (QED) is 0.674. The predicted molar refractivity (Wildman–Crippen MR) is 80.4 cm³/mol. The highest BCUT2D eigenvalue weighted by Crippen LogP contribution is 2.47. The number of ether oxygens (including phenoxy) is 1. The van der Waals surface area contributed by atoms with Gasteiger partial charge in [-0.25, -0.2) is 0 Å². The predicted octanol–water partition coefficient (Wildman–Crippen LogP) is 1.76. The van der Waals surface area contributed by atoms with Crippen LogP contribution >= 0.6 is 7.14 Å². The monoisotopic (exact) mass is 288 g/mol. The highest BCUT2D eigenvalue weighted by atomic mass is 31.2. The summed E-state index contributed by atoms with van der Waals surface area (Å²) in [5, 5.41) is 10.8. The molecule has 1 fully saturated rings. The van der Waals surface area contributed by atoms with Crippen LogP contribution in [0.15, 0.2) is 60.7 Å². The first kappa shape index (κ1) is 13.6. The van der Waals surface area contributed by atoms with Crippen LogP contribution < -0.4 is 10.6 Å². The van der Waals surface area contributed by atoms with E-state index < -0.39 is 7.14 Å². The highest BCUT2D eigenvalue weighted by Gasteiger charge is 2.44. The Morgan fingerprint density at radius 1 is 0.900 bits per heavy atom. The van der Waals surface area contributed by atoms with Crippen molar-refractivity contribution in [2.75, 3.05) is 12.8 Å². The SMILES string of the molecule is O=P(C[C@H]1O[C@@H]1CO)(c1ccccc1)c1ccccc1. The van der Waals surface area contributed by atoms with E-state index in [1.807, 2.05) is 60.7 Å². The van der Waals surface area contributed by atoms with Crippen LogP contribution in [0, 0.1) is 0 Å². The molecular formula is C16H17O3P. The summed E-state index contributed by atoms with van der Waals surface area (Å²) in [5.41, 5.74) is 0. The maximum absolute atomic E-state index is 13.6. The Morgan fingerprint density at radius 3 is 1.80 bits per heavy atom. The third kappa shape index (κ3) is 2.57. The summed E-state index contributed by atoms with van der Waals surface area (Å²) in [6.45, 7) is -0.00571. The summed E-state index contributed by atoms with van der Waals surface area (Å²) in [4.78, 5) is 0. The van der Waals surface area contributed by atoms with Crippen LogP contribution in [0.3, 0.4) is 0 Å². The summed E-state index contributed by atoms with van der Waals surface area (Å²) >= 11 is 0. The van der Waals surface area contributed by atoms with E-state index in [4.69, 9.17) is 9.84 Å². The molecule has 0 bridgehead atoms. The summed E-state index contributed by atoms with van der Waals surface area (Å²) < 4.78 is 18.9. The Morgan fingerprint density at radius 2 is 1.40 bits per heavy atom. The number of benzene rings is 2. The van der Waals surface area contributed by atoms with Gasteiger partial charge in [-0.15, -0.1) is 0 Å². The maximum atomic E-state index is 13.6. The Balaban J connectivity index is 1.98. The summed E-state index contributed by atoms with van der Waals surface area (Å²) in [7, 11) is -2.70. The molecule has 1 aliphatic heterocycles. The van der Waals surface area contributed by atoms with E-state index in [0.29, 0.717) is 6.16 Å². The zero-order valence-corrected chi connectivity index (χ0v) is 11.9. The number of aliphatic hydroxyl groups is 1. The fourth-order valence-electron chi connectivity index (χ4n) is 2.45. The van der Waals surface area contributed by atoms with Gasteiger partial charge >= 0.3 is 0 Å². The lowest BCUT2D eigenvalue weighted by Crippen LogP contribution is -2.21. The molecule has 3 rings (SSSR count). The minimum absolute atomic E-state index is 0.00571. The molecule has 2 aromatic carbocycles. The van der Waals surface area contributed by atoms with Gasteiger partial charge < -0.3 is 14.4 Å². The van der Waals surface area contributed by atoms with Crippen LogP contribution in [0.4, 0.5) is 0 Å². The lowest BCUT2D eigenvalue weighted by molar-refractivity contribution is 0.242. The van der Waals surface area contributed by atoms with E-state index in [0.717, 1.165) is 10.6 Å². The molecule has 0 saturated carbocycles. The first-order valence-electron chi connectivity index (χ1n) is 6.70. The average Bonchev–Trinajstić information content (AvgIpc) is 3.27. The highest BCUT2D eigenvalue weighted by molar-refractivity contribution is 7.78. The van der Waals surface area contributed by atoms with Crippen molar-refractivity contribution in [3.63, 3.8) is 0 Å². The second kappa shape index (κ2) is 5.53. The molecule has 2 aromatic rings. The Hall–Kier alpha value is -1.41. The molecule has 2 atom stereocenters. The molecule has 0 unspecified atom stereocenters. The van der Waals surface area contributed by atoms with E-state index in [1.165, 1.54) is 0 Å². The summed E-state index contributed by atoms with van der Waals surface area (Å²) in [6.07, 6.45) is 0.189. The van der Waals surface area contributed by atoms with E-state index >= 15 is 0 Å². The van der Waals surface area contributed by atoms with Crippen molar-refractivity contribution in [1.82, 2.24) is 0 Å². The van der Waals surface area contributed by atoms with Crippen molar-refractivity contribution in [2.45, 2.75) is 12.2 Å². The Bertz CT molecular complexity index is 569. The number of hydrogen-bond acceptors (Lipinski definition) is 3. The molecule has 0 amide bonds. The van der Waals surface area contributed by atoms with Crippen molar-refractivity contribution in [2.24, 2.45) is 0 Å². The van der Waals surface area contributed by atoms with Gasteiger partial charge in [0.25, 0.3) is 0 Å². The number of epoxide rings is 1. The molecule has 1 aliphatic rings. The molecule has 0 aliphatic carbocycles. The smallest absolute Gasteiger partial charge is 0.145 e. The summed E-state index contributed by atoms with van der Waals surface area (Å²) in [5.74, 6) is 0. The third-order valence-electron chi connectivity index (χ3n) is 3.65. The van der Waals surface area contributed by atoms with Gasteiger partial charge in [-0.05, 0) is 0 Å². The van der Waals surface area contributed by atoms with Gasteiger partial charge in [-0.1, -0.05) is 60.7 Å². The lowest BCUT2D eigenvalue weighted by atomic mass is 10.3. The van der Waals surface area contributed by atoms with Gasteiger partial charge in [0, 0.05) is 16.8 Å². The normalized spacial score (nSPS) is 21.6. The molecule has 4 heteroatoms. The zero-order valence-electron chi connectivity index (χ0n) is 11.1.